The van der Waals surface area contributed by atoms with Crippen LogP contribution >= 0.6 is 11.3 Å². The molecule has 1 aromatic rings. The minimum absolute atomic E-state index is 0.548. The predicted molar refractivity (Wildman–Crippen MR) is 92.5 cm³/mol. The average molecular weight is 311 g/mol. The molecular weight excluding hydrogens is 280 g/mol. The first kappa shape index (κ1) is 16.7. The van der Waals surface area contributed by atoms with Crippen LogP contribution in [0.25, 0.3) is 0 Å². The molecule has 0 radical (unpaired) electrons. The van der Waals surface area contributed by atoms with Crippen LogP contribution in [0.3, 0.4) is 0 Å². The Bertz CT molecular complexity index is 445. The van der Waals surface area contributed by atoms with Crippen LogP contribution in [0.5, 0.6) is 0 Å². The summed E-state index contributed by atoms with van der Waals surface area (Å²) in [6, 6.07) is 0.548. The molecule has 1 aliphatic rings. The fourth-order valence-electron chi connectivity index (χ4n) is 2.84. The third-order valence-corrected chi connectivity index (χ3v) is 5.52. The molecular formula is C16H30N4S. The maximum Gasteiger partial charge on any atom is 0.186 e. The van der Waals surface area contributed by atoms with Crippen LogP contribution in [0.4, 0.5) is 5.13 Å². The molecule has 0 bridgehead atoms. The van der Waals surface area contributed by atoms with E-state index >= 15 is 0 Å². The Hall–Kier alpha value is -0.650. The molecule has 21 heavy (non-hydrogen) atoms. The SMILES string of the molecule is CCNCc1sc(N2CCN(C)CC2C)nc1C(C)CC. The zero-order valence-electron chi connectivity index (χ0n) is 14.1. The molecule has 1 aliphatic heterocycles. The normalized spacial score (nSPS) is 21.8. The first-order chi connectivity index (χ1) is 10.1. The van der Waals surface area contributed by atoms with Crippen LogP contribution < -0.4 is 10.2 Å². The molecule has 2 heterocycles. The van der Waals surface area contributed by atoms with Crippen LogP contribution in [0.1, 0.15) is 50.6 Å². The van der Waals surface area contributed by atoms with Crippen molar-refractivity contribution >= 4 is 16.5 Å². The Morgan fingerprint density at radius 3 is 2.76 bits per heavy atom. The zero-order valence-corrected chi connectivity index (χ0v) is 15.0. The number of likely N-dealkylation sites (N-methyl/N-ethyl adjacent to an activating group) is 1. The third kappa shape index (κ3) is 3.96. The van der Waals surface area contributed by atoms with Gasteiger partial charge in [-0.25, -0.2) is 4.98 Å². The van der Waals surface area contributed by atoms with E-state index < -0.39 is 0 Å². The summed E-state index contributed by atoms with van der Waals surface area (Å²) in [7, 11) is 2.21. The summed E-state index contributed by atoms with van der Waals surface area (Å²) in [6.45, 7) is 14.3. The summed E-state index contributed by atoms with van der Waals surface area (Å²) in [5.41, 5.74) is 1.31. The Morgan fingerprint density at radius 1 is 1.38 bits per heavy atom. The van der Waals surface area contributed by atoms with Crippen LogP contribution in [-0.4, -0.2) is 49.2 Å². The van der Waals surface area contributed by atoms with Gasteiger partial charge in [-0.15, -0.1) is 11.3 Å². The Labute approximate surface area is 133 Å². The molecule has 2 unspecified atom stereocenters. The number of hydrogen-bond acceptors (Lipinski definition) is 5. The lowest BCUT2D eigenvalue weighted by Crippen LogP contribution is -2.50. The lowest BCUT2D eigenvalue weighted by Gasteiger charge is -2.38. The first-order valence-electron chi connectivity index (χ1n) is 8.22. The quantitative estimate of drug-likeness (QED) is 0.875. The van der Waals surface area contributed by atoms with Crippen LogP contribution in [0, 0.1) is 0 Å². The summed E-state index contributed by atoms with van der Waals surface area (Å²) in [5.74, 6) is 0.548. The van der Waals surface area contributed by atoms with E-state index in [2.05, 4.69) is 49.9 Å². The third-order valence-electron chi connectivity index (χ3n) is 4.41. The second-order valence-electron chi connectivity index (χ2n) is 6.20. The molecule has 1 N–H and O–H groups in total. The van der Waals surface area contributed by atoms with E-state index in [4.69, 9.17) is 4.98 Å². The zero-order chi connectivity index (χ0) is 15.4. The molecule has 5 heteroatoms. The standard InChI is InChI=1S/C16H30N4S/c1-6-12(3)15-14(10-17-7-2)21-16(18-15)20-9-8-19(5)11-13(20)4/h12-13,17H,6-11H2,1-5H3. The van der Waals surface area contributed by atoms with Gasteiger partial charge in [0.2, 0.25) is 0 Å². The minimum atomic E-state index is 0.548. The summed E-state index contributed by atoms with van der Waals surface area (Å²) in [6.07, 6.45) is 1.15. The Morgan fingerprint density at radius 2 is 2.14 bits per heavy atom. The van der Waals surface area contributed by atoms with Gasteiger partial charge in [0, 0.05) is 37.1 Å². The van der Waals surface area contributed by atoms with Crippen LogP contribution in [0.15, 0.2) is 0 Å². The van der Waals surface area contributed by atoms with E-state index in [0.29, 0.717) is 12.0 Å². The van der Waals surface area contributed by atoms with Crippen molar-refractivity contribution in [3.8, 4) is 0 Å². The largest absolute Gasteiger partial charge is 0.343 e. The lowest BCUT2D eigenvalue weighted by atomic mass is 10.0. The monoisotopic (exact) mass is 310 g/mol. The Kier molecular flexibility index (Phi) is 6.02. The number of rotatable bonds is 6. The first-order valence-corrected chi connectivity index (χ1v) is 9.03. The molecule has 1 aromatic heterocycles. The molecule has 0 saturated carbocycles. The molecule has 2 atom stereocenters. The number of hydrogen-bond donors (Lipinski definition) is 1. The van der Waals surface area contributed by atoms with Crippen LogP contribution in [-0.2, 0) is 6.54 Å². The van der Waals surface area contributed by atoms with E-state index in [-0.39, 0.29) is 0 Å². The van der Waals surface area contributed by atoms with Gasteiger partial charge in [-0.05, 0) is 32.9 Å². The van der Waals surface area contributed by atoms with Crippen molar-refractivity contribution in [2.45, 2.75) is 52.6 Å². The molecule has 4 nitrogen and oxygen atoms in total. The van der Waals surface area contributed by atoms with Gasteiger partial charge in [-0.3, -0.25) is 0 Å². The molecule has 1 saturated heterocycles. The van der Waals surface area contributed by atoms with E-state index in [1.54, 1.807) is 0 Å². The number of piperazine rings is 1. The van der Waals surface area contributed by atoms with E-state index in [1.165, 1.54) is 15.7 Å². The number of nitrogens with one attached hydrogen (secondary N) is 1. The van der Waals surface area contributed by atoms with Gasteiger partial charge in [0.05, 0.1) is 5.69 Å². The van der Waals surface area contributed by atoms with Crippen molar-refractivity contribution in [1.82, 2.24) is 15.2 Å². The average Bonchev–Trinajstić information content (AvgIpc) is 2.88. The fraction of sp³-hybridized carbons (Fsp3) is 0.812. The molecule has 0 spiro atoms. The van der Waals surface area contributed by atoms with Gasteiger partial charge < -0.3 is 15.1 Å². The lowest BCUT2D eigenvalue weighted by molar-refractivity contribution is 0.275. The highest BCUT2D eigenvalue weighted by atomic mass is 32.1. The predicted octanol–water partition coefficient (Wildman–Crippen LogP) is 2.91. The summed E-state index contributed by atoms with van der Waals surface area (Å²) in [4.78, 5) is 11.3. The maximum absolute atomic E-state index is 5.02. The molecule has 0 amide bonds. The van der Waals surface area contributed by atoms with E-state index in [1.807, 2.05) is 11.3 Å². The van der Waals surface area contributed by atoms with Gasteiger partial charge in [0.25, 0.3) is 0 Å². The van der Waals surface area contributed by atoms with Gasteiger partial charge in [-0.1, -0.05) is 20.8 Å². The van der Waals surface area contributed by atoms with E-state index in [0.717, 1.165) is 39.1 Å². The summed E-state index contributed by atoms with van der Waals surface area (Å²) in [5, 5.41) is 4.68. The van der Waals surface area contributed by atoms with Crippen LogP contribution in [0.2, 0.25) is 0 Å². The van der Waals surface area contributed by atoms with Gasteiger partial charge >= 0.3 is 0 Å². The van der Waals surface area contributed by atoms with Crippen molar-refractivity contribution in [1.29, 1.82) is 0 Å². The van der Waals surface area contributed by atoms with Crippen molar-refractivity contribution in [3.05, 3.63) is 10.6 Å². The van der Waals surface area contributed by atoms with Crippen molar-refractivity contribution in [2.75, 3.05) is 38.1 Å². The highest BCUT2D eigenvalue weighted by Gasteiger charge is 2.26. The summed E-state index contributed by atoms with van der Waals surface area (Å²) < 4.78 is 0. The fourth-order valence-corrected chi connectivity index (χ4v) is 4.12. The molecule has 0 aromatic carbocycles. The van der Waals surface area contributed by atoms with Gasteiger partial charge in [0.1, 0.15) is 0 Å². The number of anilines is 1. The second-order valence-corrected chi connectivity index (χ2v) is 7.26. The number of thiazole rings is 1. The highest BCUT2D eigenvalue weighted by molar-refractivity contribution is 7.15. The second kappa shape index (κ2) is 7.56. The molecule has 120 valence electrons. The highest BCUT2D eigenvalue weighted by Crippen LogP contribution is 2.33. The topological polar surface area (TPSA) is 31.4 Å². The van der Waals surface area contributed by atoms with Crippen molar-refractivity contribution in [2.24, 2.45) is 0 Å². The van der Waals surface area contributed by atoms with Gasteiger partial charge in [-0.2, -0.15) is 0 Å². The van der Waals surface area contributed by atoms with E-state index in [9.17, 15) is 0 Å². The number of aromatic nitrogens is 1. The molecule has 1 fully saturated rings. The van der Waals surface area contributed by atoms with Crippen molar-refractivity contribution < 1.29 is 0 Å². The smallest absolute Gasteiger partial charge is 0.186 e. The minimum Gasteiger partial charge on any atom is -0.343 e. The van der Waals surface area contributed by atoms with Crippen molar-refractivity contribution in [3.63, 3.8) is 0 Å². The summed E-state index contributed by atoms with van der Waals surface area (Å²) >= 11 is 1.89. The maximum atomic E-state index is 5.02. The van der Waals surface area contributed by atoms with Gasteiger partial charge in [0.15, 0.2) is 5.13 Å². The number of nitrogens with zero attached hydrogens (tertiary/aromatic N) is 3. The molecule has 2 rings (SSSR count). The Balaban J connectivity index is 2.21. The molecule has 0 aliphatic carbocycles.